The maximum absolute atomic E-state index is 12.4. The van der Waals surface area contributed by atoms with E-state index < -0.39 is 0 Å². The standard InChI is InChI=1S/C23H22N6O/c30-22(13-16-5-1-2-6-16)25-19-9-3-7-17(14-19)20-10-11-21-26-27-23(29(21)28-20)18-8-4-12-24-15-18/h3-4,7-12,14-16H,1-2,5-6,13H2,(H,25,30). The Hall–Kier alpha value is -3.61. The molecular formula is C23H22N6O. The van der Waals surface area contributed by atoms with E-state index in [0.29, 0.717) is 23.8 Å². The highest BCUT2D eigenvalue weighted by Crippen LogP contribution is 2.28. The van der Waals surface area contributed by atoms with Gasteiger partial charge in [0.05, 0.1) is 5.69 Å². The van der Waals surface area contributed by atoms with Crippen LogP contribution in [0.1, 0.15) is 32.1 Å². The second kappa shape index (κ2) is 8.02. The SMILES string of the molecule is O=C(CC1CCCC1)Nc1cccc(-c2ccc3nnc(-c4cccnc4)n3n2)c1. The summed E-state index contributed by atoms with van der Waals surface area (Å²) in [6.07, 6.45) is 8.87. The lowest BCUT2D eigenvalue weighted by Crippen LogP contribution is -2.15. The molecule has 5 rings (SSSR count). The first kappa shape index (κ1) is 18.4. The zero-order valence-corrected chi connectivity index (χ0v) is 16.5. The second-order valence-electron chi connectivity index (χ2n) is 7.74. The molecule has 1 N–H and O–H groups in total. The van der Waals surface area contributed by atoms with Crippen molar-refractivity contribution < 1.29 is 4.79 Å². The van der Waals surface area contributed by atoms with Crippen LogP contribution in [-0.4, -0.2) is 30.7 Å². The van der Waals surface area contributed by atoms with Crippen LogP contribution in [0.4, 0.5) is 5.69 Å². The summed E-state index contributed by atoms with van der Waals surface area (Å²) in [7, 11) is 0. The Morgan fingerprint density at radius 1 is 1.03 bits per heavy atom. The van der Waals surface area contributed by atoms with E-state index in [2.05, 4.69) is 20.5 Å². The number of benzene rings is 1. The molecule has 4 aromatic rings. The van der Waals surface area contributed by atoms with Crippen LogP contribution in [0.3, 0.4) is 0 Å². The number of nitrogens with zero attached hydrogens (tertiary/aromatic N) is 5. The Morgan fingerprint density at radius 2 is 1.90 bits per heavy atom. The molecule has 0 spiro atoms. The van der Waals surface area contributed by atoms with Crippen LogP contribution in [0.5, 0.6) is 0 Å². The lowest BCUT2D eigenvalue weighted by Gasteiger charge is -2.10. The third-order valence-electron chi connectivity index (χ3n) is 5.57. The lowest BCUT2D eigenvalue weighted by atomic mass is 10.0. The molecule has 7 nitrogen and oxygen atoms in total. The molecule has 30 heavy (non-hydrogen) atoms. The molecule has 0 aliphatic heterocycles. The van der Waals surface area contributed by atoms with Gasteiger partial charge in [-0.2, -0.15) is 9.61 Å². The van der Waals surface area contributed by atoms with Crippen molar-refractivity contribution in [2.24, 2.45) is 5.92 Å². The predicted molar refractivity (Wildman–Crippen MR) is 115 cm³/mol. The summed E-state index contributed by atoms with van der Waals surface area (Å²) in [5.74, 6) is 1.25. The highest BCUT2D eigenvalue weighted by Gasteiger charge is 2.18. The van der Waals surface area contributed by atoms with Crippen molar-refractivity contribution in [2.45, 2.75) is 32.1 Å². The highest BCUT2D eigenvalue weighted by atomic mass is 16.1. The molecule has 1 amide bonds. The fraction of sp³-hybridized carbons (Fsp3) is 0.261. The molecule has 0 atom stereocenters. The molecular weight excluding hydrogens is 376 g/mol. The van der Waals surface area contributed by atoms with Gasteiger partial charge in [0.2, 0.25) is 5.91 Å². The molecule has 3 aromatic heterocycles. The van der Waals surface area contributed by atoms with Crippen LogP contribution in [-0.2, 0) is 4.79 Å². The minimum atomic E-state index is 0.0835. The number of pyridine rings is 1. The van der Waals surface area contributed by atoms with E-state index in [1.54, 1.807) is 16.9 Å². The molecule has 1 aromatic carbocycles. The zero-order valence-electron chi connectivity index (χ0n) is 16.5. The number of amides is 1. The molecule has 1 aliphatic rings. The Morgan fingerprint density at radius 3 is 2.73 bits per heavy atom. The number of hydrogen-bond acceptors (Lipinski definition) is 5. The number of nitrogens with one attached hydrogen (secondary N) is 1. The van der Waals surface area contributed by atoms with Crippen LogP contribution in [0.2, 0.25) is 0 Å². The number of fused-ring (bicyclic) bond motifs is 1. The second-order valence-corrected chi connectivity index (χ2v) is 7.74. The molecule has 7 heteroatoms. The maximum Gasteiger partial charge on any atom is 0.224 e. The summed E-state index contributed by atoms with van der Waals surface area (Å²) in [5.41, 5.74) is 4.00. The third kappa shape index (κ3) is 3.78. The van der Waals surface area contributed by atoms with Gasteiger partial charge in [0.25, 0.3) is 0 Å². The largest absolute Gasteiger partial charge is 0.326 e. The van der Waals surface area contributed by atoms with Gasteiger partial charge in [-0.15, -0.1) is 10.2 Å². The molecule has 0 unspecified atom stereocenters. The van der Waals surface area contributed by atoms with Crippen LogP contribution in [0, 0.1) is 5.92 Å². The smallest absolute Gasteiger partial charge is 0.224 e. The average molecular weight is 398 g/mol. The summed E-state index contributed by atoms with van der Waals surface area (Å²) < 4.78 is 1.72. The predicted octanol–water partition coefficient (Wildman–Crippen LogP) is 4.37. The quantitative estimate of drug-likeness (QED) is 0.539. The molecule has 1 aliphatic carbocycles. The zero-order chi connectivity index (χ0) is 20.3. The average Bonchev–Trinajstić information content (AvgIpc) is 3.43. The molecule has 0 bridgehead atoms. The van der Waals surface area contributed by atoms with E-state index in [-0.39, 0.29) is 5.91 Å². The number of carbonyl (C=O) groups excluding carboxylic acids is 1. The molecule has 1 saturated carbocycles. The van der Waals surface area contributed by atoms with Crippen molar-refractivity contribution in [1.29, 1.82) is 0 Å². The van der Waals surface area contributed by atoms with E-state index in [4.69, 9.17) is 5.10 Å². The van der Waals surface area contributed by atoms with E-state index in [1.165, 1.54) is 12.8 Å². The highest BCUT2D eigenvalue weighted by molar-refractivity contribution is 5.91. The monoisotopic (exact) mass is 398 g/mol. The Balaban J connectivity index is 1.41. The molecule has 0 saturated heterocycles. The van der Waals surface area contributed by atoms with Gasteiger partial charge < -0.3 is 5.32 Å². The maximum atomic E-state index is 12.4. The number of aromatic nitrogens is 5. The minimum absolute atomic E-state index is 0.0835. The van der Waals surface area contributed by atoms with Gasteiger partial charge in [-0.25, -0.2) is 0 Å². The van der Waals surface area contributed by atoms with E-state index in [1.807, 2.05) is 48.5 Å². The van der Waals surface area contributed by atoms with Crippen molar-refractivity contribution in [3.8, 4) is 22.6 Å². The van der Waals surface area contributed by atoms with E-state index in [0.717, 1.165) is 35.3 Å². The van der Waals surface area contributed by atoms with Gasteiger partial charge >= 0.3 is 0 Å². The first-order valence-corrected chi connectivity index (χ1v) is 10.3. The first-order chi connectivity index (χ1) is 14.8. The van der Waals surface area contributed by atoms with Crippen LogP contribution in [0.15, 0.2) is 60.9 Å². The van der Waals surface area contributed by atoms with Crippen LogP contribution >= 0.6 is 0 Å². The minimum Gasteiger partial charge on any atom is -0.326 e. The van der Waals surface area contributed by atoms with E-state index >= 15 is 0 Å². The fourth-order valence-corrected chi connectivity index (χ4v) is 4.06. The van der Waals surface area contributed by atoms with Crippen molar-refractivity contribution in [2.75, 3.05) is 5.32 Å². The van der Waals surface area contributed by atoms with E-state index in [9.17, 15) is 4.79 Å². The topological polar surface area (TPSA) is 85.1 Å². The van der Waals surface area contributed by atoms with Crippen molar-refractivity contribution in [3.05, 3.63) is 60.9 Å². The summed E-state index contributed by atoms with van der Waals surface area (Å²) >= 11 is 0. The van der Waals surface area contributed by atoms with Crippen molar-refractivity contribution in [3.63, 3.8) is 0 Å². The third-order valence-corrected chi connectivity index (χ3v) is 5.57. The number of hydrogen-bond donors (Lipinski definition) is 1. The Labute approximate surface area is 174 Å². The molecule has 150 valence electrons. The number of anilines is 1. The summed E-state index contributed by atoms with van der Waals surface area (Å²) in [5, 5.41) is 16.2. The van der Waals surface area contributed by atoms with Crippen molar-refractivity contribution in [1.82, 2.24) is 24.8 Å². The first-order valence-electron chi connectivity index (χ1n) is 10.3. The van der Waals surface area contributed by atoms with Gasteiger partial charge in [-0.3, -0.25) is 9.78 Å². The lowest BCUT2D eigenvalue weighted by molar-refractivity contribution is -0.117. The van der Waals surface area contributed by atoms with Gasteiger partial charge in [-0.05, 0) is 55.2 Å². The Bertz CT molecular complexity index is 1180. The van der Waals surface area contributed by atoms with Gasteiger partial charge in [0, 0.05) is 35.6 Å². The Kier molecular flexibility index (Phi) is 4.93. The van der Waals surface area contributed by atoms with Crippen LogP contribution < -0.4 is 5.32 Å². The van der Waals surface area contributed by atoms with Gasteiger partial charge in [0.15, 0.2) is 11.5 Å². The molecule has 3 heterocycles. The summed E-state index contributed by atoms with van der Waals surface area (Å²) in [6.45, 7) is 0. The number of rotatable bonds is 5. The van der Waals surface area contributed by atoms with Crippen molar-refractivity contribution >= 4 is 17.2 Å². The summed E-state index contributed by atoms with van der Waals surface area (Å²) in [6, 6.07) is 15.4. The van der Waals surface area contributed by atoms with Crippen LogP contribution in [0.25, 0.3) is 28.3 Å². The fourth-order valence-electron chi connectivity index (χ4n) is 4.06. The normalized spacial score (nSPS) is 14.3. The number of carbonyl (C=O) groups is 1. The summed E-state index contributed by atoms with van der Waals surface area (Å²) in [4.78, 5) is 16.6. The molecule has 0 radical (unpaired) electrons. The van der Waals surface area contributed by atoms with Gasteiger partial charge in [0.1, 0.15) is 0 Å². The van der Waals surface area contributed by atoms with Gasteiger partial charge in [-0.1, -0.05) is 25.0 Å². The molecule has 1 fully saturated rings.